The van der Waals surface area contributed by atoms with E-state index in [-0.39, 0.29) is 30.6 Å². The second-order valence-electron chi connectivity index (χ2n) is 6.41. The van der Waals surface area contributed by atoms with Crippen molar-refractivity contribution in [1.82, 2.24) is 9.88 Å². The van der Waals surface area contributed by atoms with Gasteiger partial charge in [-0.25, -0.2) is 4.79 Å². The van der Waals surface area contributed by atoms with Gasteiger partial charge in [-0.2, -0.15) is 4.98 Å². The number of fused-ring (bicyclic) bond motifs is 5. The number of hydrogen-bond donors (Lipinski definition) is 1. The van der Waals surface area contributed by atoms with E-state index in [0.29, 0.717) is 28.3 Å². The van der Waals surface area contributed by atoms with Crippen molar-refractivity contribution in [1.29, 1.82) is 0 Å². The summed E-state index contributed by atoms with van der Waals surface area (Å²) < 4.78 is 10.9. The van der Waals surface area contributed by atoms with Crippen LogP contribution in [-0.4, -0.2) is 34.9 Å². The van der Waals surface area contributed by atoms with Crippen LogP contribution in [0.4, 0.5) is 6.01 Å². The van der Waals surface area contributed by atoms with E-state index in [1.165, 1.54) is 4.90 Å². The van der Waals surface area contributed by atoms with Crippen LogP contribution in [-0.2, 0) is 19.7 Å². The molecule has 1 aromatic heterocycles. The number of carbonyl (C=O) groups is 2. The average Bonchev–Trinajstić information content (AvgIpc) is 3.22. The van der Waals surface area contributed by atoms with Crippen LogP contribution < -0.4 is 5.73 Å². The van der Waals surface area contributed by atoms with E-state index in [9.17, 15) is 9.59 Å². The monoisotopic (exact) mass is 365 g/mol. The van der Waals surface area contributed by atoms with Crippen LogP contribution >= 0.6 is 0 Å². The zero-order valence-electron chi connectivity index (χ0n) is 15.1. The molecule has 4 rings (SSSR count). The third kappa shape index (κ3) is 1.99. The summed E-state index contributed by atoms with van der Waals surface area (Å²) in [5.74, 6) is -0.437. The number of aromatic nitrogens is 1. The molecule has 0 saturated heterocycles. The molecule has 1 amide bonds. The minimum absolute atomic E-state index is 0.0512. The highest BCUT2D eigenvalue weighted by Crippen LogP contribution is 2.57. The van der Waals surface area contributed by atoms with E-state index in [0.717, 1.165) is 0 Å². The van der Waals surface area contributed by atoms with Crippen molar-refractivity contribution >= 4 is 17.9 Å². The molecule has 2 aromatic rings. The largest absolute Gasteiger partial charge is 0.463 e. The van der Waals surface area contributed by atoms with Crippen molar-refractivity contribution in [3.63, 3.8) is 0 Å². The first-order valence-electron chi connectivity index (χ1n) is 8.66. The number of hydrogen-bond acceptors (Lipinski definition) is 6. The van der Waals surface area contributed by atoms with Gasteiger partial charge in [0.2, 0.25) is 5.91 Å². The van der Waals surface area contributed by atoms with Crippen molar-refractivity contribution in [2.75, 3.05) is 18.9 Å². The molecular formula is C20H19N3O4. The second kappa shape index (κ2) is 5.84. The number of ether oxygens (including phenoxy) is 1. The Bertz CT molecular complexity index is 1020. The predicted octanol–water partition coefficient (Wildman–Crippen LogP) is 2.39. The first-order valence-corrected chi connectivity index (χ1v) is 8.66. The van der Waals surface area contributed by atoms with Gasteiger partial charge in [-0.15, -0.1) is 6.58 Å². The number of esters is 1. The van der Waals surface area contributed by atoms with Gasteiger partial charge in [0.05, 0.1) is 12.2 Å². The van der Waals surface area contributed by atoms with Gasteiger partial charge >= 0.3 is 5.97 Å². The minimum Gasteiger partial charge on any atom is -0.463 e. The lowest BCUT2D eigenvalue weighted by atomic mass is 9.74. The quantitative estimate of drug-likeness (QED) is 0.660. The Labute approximate surface area is 156 Å². The summed E-state index contributed by atoms with van der Waals surface area (Å²) in [5.41, 5.74) is 6.81. The van der Waals surface area contributed by atoms with Crippen molar-refractivity contribution < 1.29 is 18.7 Å². The molecule has 1 aliphatic heterocycles. The number of oxazole rings is 1. The van der Waals surface area contributed by atoms with Crippen molar-refractivity contribution in [3.8, 4) is 11.3 Å². The molecule has 1 atom stereocenters. The average molecular weight is 365 g/mol. The smallest absolute Gasteiger partial charge is 0.337 e. The number of nitrogens with zero attached hydrogens (tertiary/aromatic N) is 2. The molecule has 27 heavy (non-hydrogen) atoms. The number of carbonyl (C=O) groups excluding carboxylic acids is 2. The predicted molar refractivity (Wildman–Crippen MR) is 98.4 cm³/mol. The Hall–Kier alpha value is -3.35. The third-order valence-electron chi connectivity index (χ3n) is 5.07. The van der Waals surface area contributed by atoms with Crippen LogP contribution in [0.1, 0.15) is 25.1 Å². The van der Waals surface area contributed by atoms with Crippen molar-refractivity contribution in [3.05, 3.63) is 59.4 Å². The van der Waals surface area contributed by atoms with Crippen LogP contribution in [0.5, 0.6) is 0 Å². The molecule has 1 spiro atoms. The number of nitrogen functional groups attached to an aromatic ring is 1. The summed E-state index contributed by atoms with van der Waals surface area (Å²) in [6.07, 6.45) is 1.61. The molecule has 1 aromatic carbocycles. The van der Waals surface area contributed by atoms with Crippen LogP contribution in [0.3, 0.4) is 0 Å². The van der Waals surface area contributed by atoms with Crippen molar-refractivity contribution in [2.45, 2.75) is 19.3 Å². The summed E-state index contributed by atoms with van der Waals surface area (Å²) in [6, 6.07) is 7.24. The number of rotatable bonds is 4. The van der Waals surface area contributed by atoms with E-state index in [2.05, 4.69) is 11.6 Å². The molecular weight excluding hydrogens is 346 g/mol. The summed E-state index contributed by atoms with van der Waals surface area (Å²) >= 11 is 0. The first-order chi connectivity index (χ1) is 13.0. The number of benzene rings is 1. The summed E-state index contributed by atoms with van der Waals surface area (Å²) in [5, 5.41) is 0. The van der Waals surface area contributed by atoms with Gasteiger partial charge in [0.15, 0.2) is 11.2 Å². The van der Waals surface area contributed by atoms with E-state index >= 15 is 0 Å². The Morgan fingerprint density at radius 3 is 2.89 bits per heavy atom. The zero-order valence-corrected chi connectivity index (χ0v) is 15.1. The van der Waals surface area contributed by atoms with E-state index in [4.69, 9.17) is 14.9 Å². The van der Waals surface area contributed by atoms with Gasteiger partial charge in [0.1, 0.15) is 5.69 Å². The standard InChI is InChI=1S/C20H19N3O4/c1-4-10-23-11(3)14(17(24)26-5-2)20(18(23)25)13-9-7-6-8-12(13)15-16(20)22-19(21)27-15/h4,6-9H,1,5,10H2,2-3H3,(H2,21,22)/t20-/m1/s1. The summed E-state index contributed by atoms with van der Waals surface area (Å²) in [4.78, 5) is 32.5. The maximum Gasteiger partial charge on any atom is 0.337 e. The van der Waals surface area contributed by atoms with Crippen LogP contribution in [0.25, 0.3) is 11.3 Å². The zero-order chi connectivity index (χ0) is 19.3. The van der Waals surface area contributed by atoms with Gasteiger partial charge in [0, 0.05) is 17.8 Å². The normalized spacial score (nSPS) is 20.2. The number of anilines is 1. The maximum absolute atomic E-state index is 13.7. The van der Waals surface area contributed by atoms with E-state index in [1.807, 2.05) is 24.3 Å². The topological polar surface area (TPSA) is 98.7 Å². The van der Waals surface area contributed by atoms with E-state index in [1.54, 1.807) is 19.9 Å². The van der Waals surface area contributed by atoms with Gasteiger partial charge in [-0.3, -0.25) is 4.79 Å². The highest BCUT2D eigenvalue weighted by Gasteiger charge is 2.63. The Kier molecular flexibility index (Phi) is 3.69. The number of amides is 1. The fourth-order valence-electron chi connectivity index (χ4n) is 4.10. The molecule has 2 N–H and O–H groups in total. The van der Waals surface area contributed by atoms with Gasteiger partial charge in [0.25, 0.3) is 6.01 Å². The molecule has 7 heteroatoms. The highest BCUT2D eigenvalue weighted by atomic mass is 16.5. The fraction of sp³-hybridized carbons (Fsp3) is 0.250. The van der Waals surface area contributed by atoms with Gasteiger partial charge < -0.3 is 19.8 Å². The third-order valence-corrected chi connectivity index (χ3v) is 5.07. The number of nitrogens with two attached hydrogens (primary N) is 1. The SMILES string of the molecule is C=CCN1C(=O)[C@@]2(C(C(=O)OCC)=C1C)c1ccccc1-c1oc(N)nc12. The Morgan fingerprint density at radius 2 is 2.19 bits per heavy atom. The molecule has 7 nitrogen and oxygen atoms in total. The lowest BCUT2D eigenvalue weighted by molar-refractivity contribution is -0.140. The molecule has 0 unspecified atom stereocenters. The molecule has 0 bridgehead atoms. The Balaban J connectivity index is 2.09. The van der Waals surface area contributed by atoms with E-state index < -0.39 is 11.4 Å². The molecule has 1 aliphatic carbocycles. The molecule has 0 fully saturated rings. The summed E-state index contributed by atoms with van der Waals surface area (Å²) in [7, 11) is 0. The maximum atomic E-state index is 13.7. The summed E-state index contributed by atoms with van der Waals surface area (Å²) in [6.45, 7) is 7.63. The van der Waals surface area contributed by atoms with Gasteiger partial charge in [-0.05, 0) is 19.4 Å². The van der Waals surface area contributed by atoms with Crippen molar-refractivity contribution in [2.24, 2.45) is 0 Å². The lowest BCUT2D eigenvalue weighted by Crippen LogP contribution is -2.42. The molecule has 2 heterocycles. The minimum atomic E-state index is -1.42. The van der Waals surface area contributed by atoms with Gasteiger partial charge in [-0.1, -0.05) is 30.3 Å². The van der Waals surface area contributed by atoms with Crippen LogP contribution in [0.2, 0.25) is 0 Å². The van der Waals surface area contributed by atoms with Crippen LogP contribution in [0, 0.1) is 0 Å². The first kappa shape index (κ1) is 17.1. The molecule has 138 valence electrons. The number of allylic oxidation sites excluding steroid dienone is 1. The Morgan fingerprint density at radius 1 is 1.44 bits per heavy atom. The highest BCUT2D eigenvalue weighted by molar-refractivity contribution is 6.14. The fourth-order valence-corrected chi connectivity index (χ4v) is 4.10. The molecule has 0 saturated carbocycles. The molecule has 2 aliphatic rings. The molecule has 0 radical (unpaired) electrons. The lowest BCUT2D eigenvalue weighted by Gasteiger charge is -2.26. The second-order valence-corrected chi connectivity index (χ2v) is 6.41. The van der Waals surface area contributed by atoms with Crippen LogP contribution in [0.15, 0.2) is 52.6 Å².